The Labute approximate surface area is 271 Å². The van der Waals surface area contributed by atoms with E-state index in [0.29, 0.717) is 0 Å². The zero-order valence-electron chi connectivity index (χ0n) is 28.7. The Morgan fingerprint density at radius 3 is 2.44 bits per heavy atom. The van der Waals surface area contributed by atoms with Crippen LogP contribution in [0.3, 0.4) is 0 Å². The summed E-state index contributed by atoms with van der Waals surface area (Å²) in [4.78, 5) is 14.1. The zero-order valence-corrected chi connectivity index (χ0v) is 29.1. The molecule has 2 aromatic carbocycles. The number of benzene rings is 2. The van der Waals surface area contributed by atoms with E-state index in [2.05, 4.69) is 44.4 Å². The third-order valence-corrected chi connectivity index (χ3v) is 11.7. The quantitative estimate of drug-likeness (QED) is 0.129. The summed E-state index contributed by atoms with van der Waals surface area (Å²) in [7, 11) is 0. The van der Waals surface area contributed by atoms with Gasteiger partial charge in [0.05, 0.1) is 0 Å². The molecule has 0 aliphatic heterocycles. The minimum atomic E-state index is -2.20. The van der Waals surface area contributed by atoms with Gasteiger partial charge in [-0.05, 0) is 34.8 Å². The van der Waals surface area contributed by atoms with E-state index in [9.17, 15) is 0 Å². The fourth-order valence-corrected chi connectivity index (χ4v) is 8.63. The summed E-state index contributed by atoms with van der Waals surface area (Å²) in [5.41, 5.74) is 4.42. The van der Waals surface area contributed by atoms with Crippen LogP contribution in [0, 0.1) is 24.9 Å². The summed E-state index contributed by atoms with van der Waals surface area (Å²) < 4.78 is 41.9. The smallest absolute Gasteiger partial charge is 0 e. The van der Waals surface area contributed by atoms with Crippen LogP contribution >= 0.6 is 11.3 Å². The number of thiophene rings is 1. The number of rotatable bonds is 5. The van der Waals surface area contributed by atoms with E-state index in [-0.39, 0.29) is 31.7 Å². The number of nitrogens with zero attached hydrogens (tertiary/aromatic N) is 3. The van der Waals surface area contributed by atoms with E-state index >= 15 is 0 Å². The van der Waals surface area contributed by atoms with Crippen LogP contribution in [-0.4, -0.2) is 28.2 Å². The predicted octanol–water partition coefficient (Wildman–Crippen LogP) is 8.91. The van der Waals surface area contributed by atoms with E-state index in [0.717, 1.165) is 52.8 Å². The van der Waals surface area contributed by atoms with Crippen LogP contribution < -0.4 is 4.40 Å². The molecule has 0 atom stereocenters. The molecular formula is C35H35GeIrN3S-2. The second-order valence-corrected chi connectivity index (χ2v) is 22.5. The first-order valence-electron chi connectivity index (χ1n) is 15.8. The molecule has 0 N–H and O–H groups in total. The van der Waals surface area contributed by atoms with E-state index in [1.54, 1.807) is 12.3 Å². The fourth-order valence-electron chi connectivity index (χ4n) is 4.51. The van der Waals surface area contributed by atoms with Gasteiger partial charge in [-0.3, -0.25) is 0 Å². The average Bonchev–Trinajstić information content (AvgIpc) is 3.39. The van der Waals surface area contributed by atoms with Crippen LogP contribution in [0.2, 0.25) is 17.3 Å². The summed E-state index contributed by atoms with van der Waals surface area (Å²) in [6, 6.07) is 29.1. The van der Waals surface area contributed by atoms with Crippen LogP contribution in [0.15, 0.2) is 85.2 Å². The Kier molecular flexibility index (Phi) is 8.20. The van der Waals surface area contributed by atoms with Crippen molar-refractivity contribution in [3.8, 4) is 22.5 Å². The Hall–Kier alpha value is -2.70. The molecule has 0 saturated heterocycles. The second-order valence-electron chi connectivity index (χ2n) is 10.9. The number of hydrogen-bond acceptors (Lipinski definition) is 4. The van der Waals surface area contributed by atoms with Gasteiger partial charge in [0.1, 0.15) is 4.83 Å². The number of hydrogen-bond donors (Lipinski definition) is 0. The SMILES string of the molecule is [2H]C([2H])([2H])c1ccc2c(n1)sc1c(-c3ccccn3)[c-]ccc12.[2H]C([2H])(c1cc(-c2[c-]cccc2)nc[c]1[Ge]([CH3])([CH3])[CH3])C(C)C.[Ir]. The zero-order chi connectivity index (χ0) is 32.6. The van der Waals surface area contributed by atoms with Gasteiger partial charge in [0.2, 0.25) is 0 Å². The molecule has 6 rings (SSSR count). The largest absolute Gasteiger partial charge is 0 e. The molecule has 4 aromatic heterocycles. The maximum atomic E-state index is 8.56. The van der Waals surface area contributed by atoms with E-state index in [4.69, 9.17) is 6.85 Å². The minimum Gasteiger partial charge on any atom is 0 e. The van der Waals surface area contributed by atoms with Crippen molar-refractivity contribution in [2.45, 2.75) is 44.3 Å². The Morgan fingerprint density at radius 1 is 0.927 bits per heavy atom. The van der Waals surface area contributed by atoms with Crippen molar-refractivity contribution in [1.29, 1.82) is 0 Å². The minimum absolute atomic E-state index is 0. The molecule has 6 aromatic rings. The van der Waals surface area contributed by atoms with Crippen molar-refractivity contribution in [2.24, 2.45) is 5.92 Å². The van der Waals surface area contributed by atoms with Crippen LogP contribution in [0.4, 0.5) is 0 Å². The first kappa shape index (κ1) is 24.9. The first-order chi connectivity index (χ1) is 21.2. The number of aryl methyl sites for hydroxylation is 1. The molecule has 0 amide bonds. The van der Waals surface area contributed by atoms with E-state index in [1.807, 2.05) is 86.8 Å². The summed E-state index contributed by atoms with van der Waals surface area (Å²) in [6.45, 7) is 1.68. The normalized spacial score (nSPS) is 13.8. The number of fused-ring (bicyclic) bond motifs is 3. The third kappa shape index (κ3) is 7.39. The molecule has 0 fully saturated rings. The molecule has 1 radical (unpaired) electrons. The Balaban J connectivity index is 0.000000205. The van der Waals surface area contributed by atoms with Gasteiger partial charge in [0, 0.05) is 36.1 Å². The van der Waals surface area contributed by atoms with Crippen molar-refractivity contribution in [3.05, 3.63) is 109 Å². The van der Waals surface area contributed by atoms with Gasteiger partial charge in [-0.25, -0.2) is 4.98 Å². The average molecular weight is 800 g/mol. The van der Waals surface area contributed by atoms with Crippen LogP contribution in [0.5, 0.6) is 0 Å². The Morgan fingerprint density at radius 2 is 1.76 bits per heavy atom. The fraction of sp³-hybridized carbons (Fsp3) is 0.229. The summed E-state index contributed by atoms with van der Waals surface area (Å²) in [6.07, 6.45) is 2.31. The summed E-state index contributed by atoms with van der Waals surface area (Å²) >= 11 is -0.721. The maximum absolute atomic E-state index is 8.56. The molecule has 0 aliphatic carbocycles. The number of aromatic nitrogens is 3. The molecule has 0 aliphatic rings. The van der Waals surface area contributed by atoms with Gasteiger partial charge >= 0.3 is 128 Å². The van der Waals surface area contributed by atoms with Gasteiger partial charge in [-0.15, -0.1) is 23.8 Å². The molecule has 0 unspecified atom stereocenters. The van der Waals surface area contributed by atoms with Crippen LogP contribution in [-0.2, 0) is 26.5 Å². The maximum Gasteiger partial charge on any atom is 0 e. The van der Waals surface area contributed by atoms with Crippen molar-refractivity contribution >= 4 is 49.3 Å². The van der Waals surface area contributed by atoms with Crippen LogP contribution in [0.25, 0.3) is 42.8 Å². The number of pyridine rings is 3. The molecule has 41 heavy (non-hydrogen) atoms. The van der Waals surface area contributed by atoms with E-state index < -0.39 is 26.5 Å². The predicted molar refractivity (Wildman–Crippen MR) is 174 cm³/mol. The van der Waals surface area contributed by atoms with Crippen molar-refractivity contribution in [3.63, 3.8) is 0 Å². The van der Waals surface area contributed by atoms with Crippen molar-refractivity contribution < 1.29 is 27.0 Å². The second kappa shape index (κ2) is 13.5. The first-order valence-corrected chi connectivity index (χ1v) is 21.5. The third-order valence-electron chi connectivity index (χ3n) is 6.36. The van der Waals surface area contributed by atoms with E-state index in [1.165, 1.54) is 11.3 Å². The summed E-state index contributed by atoms with van der Waals surface area (Å²) in [5.74, 6) is 6.77. The van der Waals surface area contributed by atoms with Gasteiger partial charge in [0.15, 0.2) is 0 Å². The van der Waals surface area contributed by atoms with Crippen molar-refractivity contribution in [1.82, 2.24) is 15.0 Å². The van der Waals surface area contributed by atoms with Gasteiger partial charge < -0.3 is 4.98 Å². The molecule has 211 valence electrons. The van der Waals surface area contributed by atoms with Gasteiger partial charge in [0.25, 0.3) is 0 Å². The standard InChI is InChI=1S/C18H24GeN.C17H11N2S.Ir/c1-14(2)11-16-12-18(15-9-7-6-8-10-15)20-13-17(16)19(3,4)5;1-11-8-9-13-12-5-4-6-14(15-7-2-3-10-18-15)16(12)20-17(13)19-11;/h6-9,12-14H,11H2,1-5H3;2-5,7-10H,1H3;/q2*-1;/i11D2;1D3;. The van der Waals surface area contributed by atoms with Gasteiger partial charge in [-0.1, -0.05) is 23.6 Å². The summed E-state index contributed by atoms with van der Waals surface area (Å²) in [5, 5.41) is 2.01. The molecular weight excluding hydrogens is 759 g/mol. The topological polar surface area (TPSA) is 38.7 Å². The van der Waals surface area contributed by atoms with Gasteiger partial charge in [-0.2, -0.15) is 11.3 Å². The Bertz CT molecular complexity index is 1940. The molecule has 6 heteroatoms. The van der Waals surface area contributed by atoms with Crippen molar-refractivity contribution in [2.75, 3.05) is 0 Å². The molecule has 0 bridgehead atoms. The molecule has 0 saturated carbocycles. The van der Waals surface area contributed by atoms with Crippen LogP contribution in [0.1, 0.15) is 32.0 Å². The molecule has 0 spiro atoms. The molecule has 3 nitrogen and oxygen atoms in total. The molecule has 4 heterocycles. The monoisotopic (exact) mass is 801 g/mol.